The lowest BCUT2D eigenvalue weighted by Crippen LogP contribution is -2.14. The van der Waals surface area contributed by atoms with Crippen molar-refractivity contribution in [1.82, 2.24) is 0 Å². The molecule has 0 aromatic heterocycles. The molecule has 1 fully saturated rings. The topological polar surface area (TPSA) is 0 Å². The van der Waals surface area contributed by atoms with Crippen LogP contribution in [0, 0.1) is 11.8 Å². The van der Waals surface area contributed by atoms with Crippen molar-refractivity contribution < 1.29 is 4.39 Å². The van der Waals surface area contributed by atoms with Crippen molar-refractivity contribution in [2.45, 2.75) is 58.3 Å². The van der Waals surface area contributed by atoms with Crippen LogP contribution in [0.5, 0.6) is 0 Å². The minimum Gasteiger partial charge on any atom is -0.216 e. The first kappa shape index (κ1) is 15.3. The summed E-state index contributed by atoms with van der Waals surface area (Å²) in [7, 11) is 0. The lowest BCUT2D eigenvalue weighted by atomic mass is 9.78. The molecule has 2 rings (SSSR count). The van der Waals surface area contributed by atoms with Gasteiger partial charge in [0, 0.05) is 0 Å². The SMILES string of the molecule is CCC1CCC(CCc2ccc(C/C=C/F)cc2)CC1. The summed E-state index contributed by atoms with van der Waals surface area (Å²) in [6.45, 7) is 2.32. The number of allylic oxidation sites excluding steroid dienone is 1. The van der Waals surface area contributed by atoms with Crippen LogP contribution in [-0.2, 0) is 12.8 Å². The summed E-state index contributed by atoms with van der Waals surface area (Å²) >= 11 is 0. The zero-order valence-electron chi connectivity index (χ0n) is 12.7. The van der Waals surface area contributed by atoms with Crippen molar-refractivity contribution >= 4 is 0 Å². The Kier molecular flexibility index (Phi) is 6.29. The van der Waals surface area contributed by atoms with E-state index in [9.17, 15) is 4.39 Å². The lowest BCUT2D eigenvalue weighted by Gasteiger charge is -2.27. The molecule has 1 aromatic rings. The molecular weight excluding hydrogens is 247 g/mol. The number of hydrogen-bond acceptors (Lipinski definition) is 0. The minimum atomic E-state index is 0.626. The van der Waals surface area contributed by atoms with Crippen LogP contribution in [0.4, 0.5) is 4.39 Å². The number of hydrogen-bond donors (Lipinski definition) is 0. The van der Waals surface area contributed by atoms with Gasteiger partial charge in [0.05, 0.1) is 6.33 Å². The van der Waals surface area contributed by atoms with E-state index >= 15 is 0 Å². The molecule has 0 amide bonds. The molecule has 0 spiro atoms. The smallest absolute Gasteiger partial charge is 0.0830 e. The highest BCUT2D eigenvalue weighted by Gasteiger charge is 2.19. The van der Waals surface area contributed by atoms with Gasteiger partial charge in [-0.1, -0.05) is 69.4 Å². The van der Waals surface area contributed by atoms with Gasteiger partial charge in [-0.25, -0.2) is 4.39 Å². The van der Waals surface area contributed by atoms with Crippen LogP contribution in [0.25, 0.3) is 0 Å². The van der Waals surface area contributed by atoms with Gasteiger partial charge in [0.2, 0.25) is 0 Å². The molecule has 0 saturated heterocycles. The second-order valence-corrected chi connectivity index (χ2v) is 6.22. The van der Waals surface area contributed by atoms with E-state index in [0.29, 0.717) is 12.8 Å². The quantitative estimate of drug-likeness (QED) is 0.609. The summed E-state index contributed by atoms with van der Waals surface area (Å²) in [5, 5.41) is 0. The van der Waals surface area contributed by atoms with E-state index < -0.39 is 0 Å². The molecule has 0 atom stereocenters. The van der Waals surface area contributed by atoms with Gasteiger partial charge in [0.25, 0.3) is 0 Å². The molecule has 0 N–H and O–H groups in total. The predicted molar refractivity (Wildman–Crippen MR) is 84.5 cm³/mol. The number of halogens is 1. The van der Waals surface area contributed by atoms with Gasteiger partial charge in [-0.3, -0.25) is 0 Å². The van der Waals surface area contributed by atoms with Crippen molar-refractivity contribution in [2.24, 2.45) is 11.8 Å². The first-order valence-corrected chi connectivity index (χ1v) is 8.14. The summed E-state index contributed by atoms with van der Waals surface area (Å²) in [4.78, 5) is 0. The third kappa shape index (κ3) is 4.77. The van der Waals surface area contributed by atoms with E-state index in [0.717, 1.165) is 11.8 Å². The van der Waals surface area contributed by atoms with Crippen LogP contribution >= 0.6 is 0 Å². The average molecular weight is 274 g/mol. The van der Waals surface area contributed by atoms with Crippen molar-refractivity contribution in [3.05, 3.63) is 47.8 Å². The molecule has 1 aliphatic rings. The summed E-state index contributed by atoms with van der Waals surface area (Å²) < 4.78 is 12.0. The fourth-order valence-electron chi connectivity index (χ4n) is 3.32. The maximum atomic E-state index is 12.0. The van der Waals surface area contributed by atoms with E-state index in [1.54, 1.807) is 6.08 Å². The summed E-state index contributed by atoms with van der Waals surface area (Å²) in [5.41, 5.74) is 2.61. The Hall–Kier alpha value is -1.11. The zero-order chi connectivity index (χ0) is 14.2. The second-order valence-electron chi connectivity index (χ2n) is 6.22. The molecule has 1 saturated carbocycles. The van der Waals surface area contributed by atoms with Gasteiger partial charge in [0.1, 0.15) is 0 Å². The molecule has 0 nitrogen and oxygen atoms in total. The van der Waals surface area contributed by atoms with Crippen LogP contribution in [-0.4, -0.2) is 0 Å². The Morgan fingerprint density at radius 2 is 1.60 bits per heavy atom. The Morgan fingerprint density at radius 1 is 1.00 bits per heavy atom. The largest absolute Gasteiger partial charge is 0.216 e. The lowest BCUT2D eigenvalue weighted by molar-refractivity contribution is 0.259. The maximum absolute atomic E-state index is 12.0. The van der Waals surface area contributed by atoms with E-state index in [1.807, 2.05) is 0 Å². The fourth-order valence-corrected chi connectivity index (χ4v) is 3.32. The monoisotopic (exact) mass is 274 g/mol. The maximum Gasteiger partial charge on any atom is 0.0830 e. The molecule has 1 aromatic carbocycles. The summed E-state index contributed by atoms with van der Waals surface area (Å²) in [5.74, 6) is 1.93. The van der Waals surface area contributed by atoms with Gasteiger partial charge in [-0.05, 0) is 42.2 Å². The van der Waals surface area contributed by atoms with Crippen molar-refractivity contribution in [2.75, 3.05) is 0 Å². The fraction of sp³-hybridized carbons (Fsp3) is 0.579. The van der Waals surface area contributed by atoms with Crippen molar-refractivity contribution in [1.29, 1.82) is 0 Å². The zero-order valence-corrected chi connectivity index (χ0v) is 12.7. The third-order valence-electron chi connectivity index (χ3n) is 4.85. The molecule has 0 aliphatic heterocycles. The number of rotatable bonds is 6. The first-order valence-electron chi connectivity index (χ1n) is 8.14. The van der Waals surface area contributed by atoms with Gasteiger partial charge in [-0.15, -0.1) is 0 Å². The molecule has 1 heteroatoms. The molecule has 110 valence electrons. The summed E-state index contributed by atoms with van der Waals surface area (Å²) in [6, 6.07) is 8.67. The summed E-state index contributed by atoms with van der Waals surface area (Å²) in [6.07, 6.45) is 12.5. The second kappa shape index (κ2) is 8.24. The normalized spacial score (nSPS) is 23.3. The highest BCUT2D eigenvalue weighted by Crippen LogP contribution is 2.33. The highest BCUT2D eigenvalue weighted by molar-refractivity contribution is 5.24. The Bertz CT molecular complexity index is 396. The van der Waals surface area contributed by atoms with E-state index in [-0.39, 0.29) is 0 Å². The minimum absolute atomic E-state index is 0.626. The number of benzene rings is 1. The van der Waals surface area contributed by atoms with Crippen molar-refractivity contribution in [3.8, 4) is 0 Å². The molecule has 0 unspecified atom stereocenters. The van der Waals surface area contributed by atoms with Gasteiger partial charge < -0.3 is 0 Å². The molecule has 0 heterocycles. The third-order valence-corrected chi connectivity index (χ3v) is 4.85. The molecule has 0 bridgehead atoms. The van der Waals surface area contributed by atoms with E-state index in [4.69, 9.17) is 0 Å². The Morgan fingerprint density at radius 3 is 2.20 bits per heavy atom. The molecular formula is C19H27F. The van der Waals surface area contributed by atoms with Crippen molar-refractivity contribution in [3.63, 3.8) is 0 Å². The standard InChI is InChI=1S/C19H27F/c1-2-16-5-7-18(8-6-16)13-14-19-11-9-17(10-12-19)4-3-15-20/h3,9-12,15-16,18H,2,4-8,13-14H2,1H3/b15-3+. The first-order chi connectivity index (χ1) is 9.81. The number of aryl methyl sites for hydroxylation is 1. The van der Waals surface area contributed by atoms with Gasteiger partial charge in [0.15, 0.2) is 0 Å². The molecule has 20 heavy (non-hydrogen) atoms. The molecule has 0 radical (unpaired) electrons. The molecule has 1 aliphatic carbocycles. The highest BCUT2D eigenvalue weighted by atomic mass is 19.1. The Labute approximate surface area is 123 Å². The van der Waals surface area contributed by atoms with E-state index in [1.165, 1.54) is 56.1 Å². The predicted octanol–water partition coefficient (Wildman–Crippen LogP) is 5.86. The average Bonchev–Trinajstić information content (AvgIpc) is 2.52. The van der Waals surface area contributed by atoms with Crippen LogP contribution in [0.15, 0.2) is 36.7 Å². The van der Waals surface area contributed by atoms with E-state index in [2.05, 4.69) is 31.2 Å². The van der Waals surface area contributed by atoms with Crippen LogP contribution in [0.1, 0.15) is 56.6 Å². The van der Waals surface area contributed by atoms with Crippen LogP contribution in [0.3, 0.4) is 0 Å². The van der Waals surface area contributed by atoms with Crippen LogP contribution in [0.2, 0.25) is 0 Å². The van der Waals surface area contributed by atoms with Crippen LogP contribution < -0.4 is 0 Å². The van der Waals surface area contributed by atoms with Gasteiger partial charge in [-0.2, -0.15) is 0 Å². The van der Waals surface area contributed by atoms with Gasteiger partial charge >= 0.3 is 0 Å². The Balaban J connectivity index is 1.74.